The molecule has 2 atom stereocenters. The molecule has 19 heavy (non-hydrogen) atoms. The van der Waals surface area contributed by atoms with Gasteiger partial charge in [0, 0.05) is 27.2 Å². The largest absolute Gasteiger partial charge is 0.496 e. The molecule has 1 rings (SSSR count). The molecule has 0 radical (unpaired) electrons. The molecule has 0 saturated carbocycles. The molecule has 106 valence electrons. The molecule has 0 bridgehead atoms. The van der Waals surface area contributed by atoms with Crippen molar-refractivity contribution in [2.24, 2.45) is 5.92 Å². The zero-order valence-corrected chi connectivity index (χ0v) is 13.0. The normalized spacial score (nSPS) is 14.2. The average molecular weight is 282 g/mol. The third kappa shape index (κ3) is 4.16. The molecule has 0 aliphatic heterocycles. The molecular formula is C15H22O3S. The summed E-state index contributed by atoms with van der Waals surface area (Å²) in [6, 6.07) is 5.29. The van der Waals surface area contributed by atoms with Gasteiger partial charge in [0.05, 0.1) is 12.9 Å². The van der Waals surface area contributed by atoms with Crippen LogP contribution in [0.4, 0.5) is 0 Å². The molecule has 0 heterocycles. The summed E-state index contributed by atoms with van der Waals surface area (Å²) >= 11 is 0. The van der Waals surface area contributed by atoms with E-state index in [1.54, 1.807) is 25.3 Å². The predicted molar refractivity (Wildman–Crippen MR) is 79.1 cm³/mol. The summed E-state index contributed by atoms with van der Waals surface area (Å²) in [5.74, 6) is 1.48. The molecule has 0 spiro atoms. The number of Topliss-reactive ketones (excluding diaryl/α,β-unsaturated/α-hetero) is 1. The molecule has 0 amide bonds. The highest BCUT2D eigenvalue weighted by Gasteiger charge is 2.17. The van der Waals surface area contributed by atoms with Crippen LogP contribution in [-0.2, 0) is 16.6 Å². The number of hydrogen-bond donors (Lipinski definition) is 0. The van der Waals surface area contributed by atoms with E-state index in [0.717, 1.165) is 5.56 Å². The second kappa shape index (κ2) is 6.85. The van der Waals surface area contributed by atoms with Gasteiger partial charge in [0.2, 0.25) is 0 Å². The summed E-state index contributed by atoms with van der Waals surface area (Å²) in [5, 5.41) is 0.116. The monoisotopic (exact) mass is 282 g/mol. The maximum atomic E-state index is 12.3. The lowest BCUT2D eigenvalue weighted by atomic mass is 10.1. The van der Waals surface area contributed by atoms with Gasteiger partial charge in [0.1, 0.15) is 5.75 Å². The molecule has 4 heteroatoms. The maximum absolute atomic E-state index is 12.3. The van der Waals surface area contributed by atoms with Crippen molar-refractivity contribution >= 4 is 16.6 Å². The van der Waals surface area contributed by atoms with E-state index >= 15 is 0 Å². The van der Waals surface area contributed by atoms with E-state index in [9.17, 15) is 9.00 Å². The van der Waals surface area contributed by atoms with Crippen LogP contribution in [0.3, 0.4) is 0 Å². The highest BCUT2D eigenvalue weighted by molar-refractivity contribution is 7.84. The van der Waals surface area contributed by atoms with E-state index in [0.29, 0.717) is 23.0 Å². The summed E-state index contributed by atoms with van der Waals surface area (Å²) in [6.45, 7) is 7.64. The zero-order valence-electron chi connectivity index (χ0n) is 12.2. The maximum Gasteiger partial charge on any atom is 0.159 e. The van der Waals surface area contributed by atoms with Gasteiger partial charge in [-0.3, -0.25) is 9.00 Å². The van der Waals surface area contributed by atoms with Gasteiger partial charge in [-0.1, -0.05) is 20.8 Å². The third-order valence-electron chi connectivity index (χ3n) is 3.34. The summed E-state index contributed by atoms with van der Waals surface area (Å²) in [4.78, 5) is 11.4. The number of methoxy groups -OCH3 is 1. The molecule has 0 aromatic heterocycles. The Balaban J connectivity index is 3.01. The minimum atomic E-state index is -0.971. The molecule has 0 fully saturated rings. The van der Waals surface area contributed by atoms with Gasteiger partial charge in [0.25, 0.3) is 0 Å². The first-order valence-corrected chi connectivity index (χ1v) is 7.80. The van der Waals surface area contributed by atoms with Gasteiger partial charge in [0.15, 0.2) is 5.78 Å². The van der Waals surface area contributed by atoms with Crippen LogP contribution >= 0.6 is 0 Å². The Morgan fingerprint density at radius 3 is 2.42 bits per heavy atom. The lowest BCUT2D eigenvalue weighted by Crippen LogP contribution is -2.19. The first-order chi connectivity index (χ1) is 8.86. The fourth-order valence-electron chi connectivity index (χ4n) is 1.70. The number of carbonyl (C=O) groups excluding carboxylic acids is 1. The van der Waals surface area contributed by atoms with Crippen LogP contribution < -0.4 is 4.74 Å². The van der Waals surface area contributed by atoms with Crippen molar-refractivity contribution in [1.29, 1.82) is 0 Å². The van der Waals surface area contributed by atoms with E-state index in [4.69, 9.17) is 4.74 Å². The molecular weight excluding hydrogens is 260 g/mol. The molecule has 0 aliphatic carbocycles. The Hall–Kier alpha value is -1.16. The highest BCUT2D eigenvalue weighted by atomic mass is 32.2. The highest BCUT2D eigenvalue weighted by Crippen LogP contribution is 2.23. The average Bonchev–Trinajstić information content (AvgIpc) is 2.37. The number of rotatable bonds is 6. The smallest absolute Gasteiger partial charge is 0.159 e. The Bertz CT molecular complexity index is 480. The van der Waals surface area contributed by atoms with Crippen molar-refractivity contribution in [2.75, 3.05) is 7.11 Å². The van der Waals surface area contributed by atoms with Crippen LogP contribution in [0, 0.1) is 5.92 Å². The molecule has 3 nitrogen and oxygen atoms in total. The molecule has 2 unspecified atom stereocenters. The zero-order chi connectivity index (χ0) is 14.6. The Morgan fingerprint density at radius 2 is 1.95 bits per heavy atom. The van der Waals surface area contributed by atoms with E-state index in [1.165, 1.54) is 6.92 Å². The summed E-state index contributed by atoms with van der Waals surface area (Å²) in [5.41, 5.74) is 1.46. The van der Waals surface area contributed by atoms with Crippen LogP contribution in [0.5, 0.6) is 5.75 Å². The molecule has 0 N–H and O–H groups in total. The number of hydrogen-bond acceptors (Lipinski definition) is 3. The summed E-state index contributed by atoms with van der Waals surface area (Å²) < 4.78 is 17.5. The topological polar surface area (TPSA) is 43.4 Å². The number of carbonyl (C=O) groups is 1. The van der Waals surface area contributed by atoms with Crippen LogP contribution in [0.2, 0.25) is 0 Å². The second-order valence-electron chi connectivity index (χ2n) is 5.06. The first-order valence-electron chi connectivity index (χ1n) is 6.41. The number of benzene rings is 1. The van der Waals surface area contributed by atoms with Crippen LogP contribution in [0.25, 0.3) is 0 Å². The van der Waals surface area contributed by atoms with Crippen molar-refractivity contribution in [3.8, 4) is 5.75 Å². The van der Waals surface area contributed by atoms with Crippen molar-refractivity contribution in [1.82, 2.24) is 0 Å². The Kier molecular flexibility index (Phi) is 5.73. The molecule has 0 aliphatic rings. The van der Waals surface area contributed by atoms with Gasteiger partial charge >= 0.3 is 0 Å². The van der Waals surface area contributed by atoms with Crippen molar-refractivity contribution in [2.45, 2.75) is 38.7 Å². The molecule has 0 saturated heterocycles. The molecule has 1 aromatic carbocycles. The van der Waals surface area contributed by atoms with E-state index in [-0.39, 0.29) is 11.0 Å². The van der Waals surface area contributed by atoms with Gasteiger partial charge in [-0.2, -0.15) is 0 Å². The van der Waals surface area contributed by atoms with E-state index in [1.807, 2.05) is 6.92 Å². The van der Waals surface area contributed by atoms with Crippen molar-refractivity contribution in [3.63, 3.8) is 0 Å². The van der Waals surface area contributed by atoms with Crippen LogP contribution in [0.15, 0.2) is 18.2 Å². The van der Waals surface area contributed by atoms with Gasteiger partial charge in [-0.05, 0) is 31.0 Å². The minimum absolute atomic E-state index is 0.00611. The minimum Gasteiger partial charge on any atom is -0.496 e. The summed E-state index contributed by atoms with van der Waals surface area (Å²) in [7, 11) is 0.614. The second-order valence-corrected chi connectivity index (χ2v) is 6.85. The lowest BCUT2D eigenvalue weighted by molar-refractivity contribution is 0.101. The fraction of sp³-hybridized carbons (Fsp3) is 0.533. The lowest BCUT2D eigenvalue weighted by Gasteiger charge is -2.16. The van der Waals surface area contributed by atoms with Crippen LogP contribution in [0.1, 0.15) is 43.6 Å². The standard InChI is InChI=1S/C15H22O3S/c1-10(2)12(4)19(17)9-14-8-13(11(3)16)6-7-15(14)18-5/h6-8,10,12H,9H2,1-5H3. The quantitative estimate of drug-likeness (QED) is 0.753. The summed E-state index contributed by atoms with van der Waals surface area (Å²) in [6.07, 6.45) is 0. The number of ketones is 1. The van der Waals surface area contributed by atoms with Gasteiger partial charge in [-0.25, -0.2) is 0 Å². The van der Waals surface area contributed by atoms with Gasteiger partial charge in [-0.15, -0.1) is 0 Å². The predicted octanol–water partition coefficient (Wildman–Crippen LogP) is 3.19. The van der Waals surface area contributed by atoms with E-state index < -0.39 is 10.8 Å². The Morgan fingerprint density at radius 1 is 1.32 bits per heavy atom. The Labute approximate surface area is 117 Å². The van der Waals surface area contributed by atoms with Crippen LogP contribution in [-0.4, -0.2) is 22.4 Å². The van der Waals surface area contributed by atoms with Gasteiger partial charge < -0.3 is 4.74 Å². The SMILES string of the molecule is COc1ccc(C(C)=O)cc1CS(=O)C(C)C(C)C. The van der Waals surface area contributed by atoms with Crippen molar-refractivity contribution < 1.29 is 13.7 Å². The third-order valence-corrected chi connectivity index (χ3v) is 5.31. The number of ether oxygens (including phenoxy) is 1. The van der Waals surface area contributed by atoms with Crippen molar-refractivity contribution in [3.05, 3.63) is 29.3 Å². The molecule has 1 aromatic rings. The first kappa shape index (κ1) is 15.9. The van der Waals surface area contributed by atoms with E-state index in [2.05, 4.69) is 13.8 Å². The fourth-order valence-corrected chi connectivity index (χ4v) is 3.10.